The smallest absolute Gasteiger partial charge is 0.257 e. The lowest BCUT2D eigenvalue weighted by atomic mass is 10.2. The van der Waals surface area contributed by atoms with Gasteiger partial charge in [0.05, 0.1) is 5.56 Å². The van der Waals surface area contributed by atoms with Gasteiger partial charge in [0.2, 0.25) is 0 Å². The van der Waals surface area contributed by atoms with Gasteiger partial charge in [-0.3, -0.25) is 9.69 Å². The lowest BCUT2D eigenvalue weighted by molar-refractivity contribution is 0.102. The Labute approximate surface area is 181 Å². The lowest BCUT2D eigenvalue weighted by Gasteiger charge is -2.36. The summed E-state index contributed by atoms with van der Waals surface area (Å²) in [6.45, 7) is 5.10. The van der Waals surface area contributed by atoms with Crippen molar-refractivity contribution in [2.45, 2.75) is 6.54 Å². The maximum absolute atomic E-state index is 12.6. The van der Waals surface area contributed by atoms with Gasteiger partial charge in [-0.2, -0.15) is 0 Å². The predicted molar refractivity (Wildman–Crippen MR) is 124 cm³/mol. The number of nitrogens with zero attached hydrogens (tertiary/aromatic N) is 4. The molecule has 0 spiro atoms. The summed E-state index contributed by atoms with van der Waals surface area (Å²) in [6.07, 6.45) is 5.35. The molecule has 0 bridgehead atoms. The van der Waals surface area contributed by atoms with Gasteiger partial charge in [0.15, 0.2) is 0 Å². The second-order valence-electron chi connectivity index (χ2n) is 7.86. The summed E-state index contributed by atoms with van der Waals surface area (Å²) in [5, 5.41) is 2.98. The van der Waals surface area contributed by atoms with Crippen molar-refractivity contribution in [1.82, 2.24) is 14.3 Å². The zero-order chi connectivity index (χ0) is 21.0. The van der Waals surface area contributed by atoms with Crippen LogP contribution in [0.1, 0.15) is 15.9 Å². The number of aromatic nitrogens is 2. The second-order valence-corrected chi connectivity index (χ2v) is 7.86. The first-order chi connectivity index (χ1) is 15.2. The van der Waals surface area contributed by atoms with Crippen LogP contribution in [0.5, 0.6) is 0 Å². The fraction of sp³-hybridized carbons (Fsp3) is 0.200. The number of carbonyl (C=O) groups is 1. The van der Waals surface area contributed by atoms with Crippen LogP contribution in [-0.2, 0) is 6.54 Å². The van der Waals surface area contributed by atoms with Crippen LogP contribution in [0.15, 0.2) is 85.3 Å². The van der Waals surface area contributed by atoms with E-state index in [9.17, 15) is 4.79 Å². The molecule has 0 saturated carbocycles. The molecule has 6 nitrogen and oxygen atoms in total. The SMILES string of the molecule is O=C(Nc1ccc(N2CCN(Cc3ccccc3)CC2)cc1)c1ccc2nccn2c1. The van der Waals surface area contributed by atoms with Crippen LogP contribution in [0, 0.1) is 0 Å². The van der Waals surface area contributed by atoms with E-state index in [1.54, 1.807) is 18.5 Å². The zero-order valence-corrected chi connectivity index (χ0v) is 17.3. The number of anilines is 2. The van der Waals surface area contributed by atoms with Crippen LogP contribution in [0.2, 0.25) is 0 Å². The molecule has 0 aliphatic carbocycles. The molecule has 1 aliphatic heterocycles. The van der Waals surface area contributed by atoms with Gasteiger partial charge in [0, 0.05) is 62.7 Å². The molecular weight excluding hydrogens is 386 g/mol. The number of nitrogens with one attached hydrogen (secondary N) is 1. The van der Waals surface area contributed by atoms with Crippen molar-refractivity contribution in [3.05, 3.63) is 96.4 Å². The lowest BCUT2D eigenvalue weighted by Crippen LogP contribution is -2.45. The van der Waals surface area contributed by atoms with Crippen LogP contribution in [-0.4, -0.2) is 46.4 Å². The van der Waals surface area contributed by atoms with Crippen LogP contribution < -0.4 is 10.2 Å². The van der Waals surface area contributed by atoms with E-state index in [0.717, 1.165) is 44.1 Å². The maximum atomic E-state index is 12.6. The normalized spacial score (nSPS) is 14.6. The number of fused-ring (bicyclic) bond motifs is 1. The molecule has 1 N–H and O–H groups in total. The molecule has 2 aromatic carbocycles. The van der Waals surface area contributed by atoms with Crippen molar-refractivity contribution in [2.24, 2.45) is 0 Å². The van der Waals surface area contributed by atoms with Crippen LogP contribution in [0.4, 0.5) is 11.4 Å². The molecule has 0 unspecified atom stereocenters. The van der Waals surface area contributed by atoms with Crippen LogP contribution in [0.25, 0.3) is 5.65 Å². The van der Waals surface area contributed by atoms with Gasteiger partial charge in [0.1, 0.15) is 5.65 Å². The summed E-state index contributed by atoms with van der Waals surface area (Å²) in [6, 6.07) is 22.4. The molecule has 2 aromatic heterocycles. The summed E-state index contributed by atoms with van der Waals surface area (Å²) >= 11 is 0. The standard InChI is InChI=1S/C25H25N5O/c31-25(21-6-11-24-26-12-13-30(24)19-21)27-22-7-9-23(10-8-22)29-16-14-28(15-17-29)18-20-4-2-1-3-5-20/h1-13,19H,14-18H2,(H,27,31). The maximum Gasteiger partial charge on any atom is 0.257 e. The van der Waals surface area contributed by atoms with E-state index in [4.69, 9.17) is 0 Å². The summed E-state index contributed by atoms with van der Waals surface area (Å²) < 4.78 is 1.84. The number of hydrogen-bond acceptors (Lipinski definition) is 4. The Morgan fingerprint density at radius 3 is 2.45 bits per heavy atom. The molecule has 1 fully saturated rings. The van der Waals surface area contributed by atoms with Gasteiger partial charge < -0.3 is 14.6 Å². The third-order valence-electron chi connectivity index (χ3n) is 5.76. The molecule has 0 radical (unpaired) electrons. The Hall–Kier alpha value is -3.64. The molecular formula is C25H25N5O. The molecule has 156 valence electrons. The van der Waals surface area contributed by atoms with E-state index >= 15 is 0 Å². The van der Waals surface area contributed by atoms with E-state index in [1.807, 2.05) is 28.8 Å². The first kappa shape index (κ1) is 19.3. The molecule has 31 heavy (non-hydrogen) atoms. The van der Waals surface area contributed by atoms with Crippen molar-refractivity contribution in [2.75, 3.05) is 36.4 Å². The topological polar surface area (TPSA) is 52.9 Å². The summed E-state index contributed by atoms with van der Waals surface area (Å²) in [5.41, 5.74) is 4.77. The first-order valence-corrected chi connectivity index (χ1v) is 10.6. The van der Waals surface area contributed by atoms with Crippen molar-refractivity contribution in [1.29, 1.82) is 0 Å². The molecule has 3 heterocycles. The van der Waals surface area contributed by atoms with E-state index in [2.05, 4.69) is 62.6 Å². The number of pyridine rings is 1. The van der Waals surface area contributed by atoms with E-state index in [-0.39, 0.29) is 5.91 Å². The van der Waals surface area contributed by atoms with E-state index in [0.29, 0.717) is 5.56 Å². The minimum absolute atomic E-state index is 0.127. The van der Waals surface area contributed by atoms with Gasteiger partial charge in [-0.25, -0.2) is 4.98 Å². The van der Waals surface area contributed by atoms with Crippen molar-refractivity contribution >= 4 is 22.9 Å². The number of benzene rings is 2. The highest BCUT2D eigenvalue weighted by molar-refractivity contribution is 6.04. The fourth-order valence-electron chi connectivity index (χ4n) is 4.02. The Morgan fingerprint density at radius 2 is 1.68 bits per heavy atom. The molecule has 1 saturated heterocycles. The van der Waals surface area contributed by atoms with Gasteiger partial charge in [-0.1, -0.05) is 30.3 Å². The average molecular weight is 412 g/mol. The van der Waals surface area contributed by atoms with Crippen LogP contribution in [0.3, 0.4) is 0 Å². The third kappa shape index (κ3) is 4.44. The highest BCUT2D eigenvalue weighted by Crippen LogP contribution is 2.21. The van der Waals surface area contributed by atoms with Crippen molar-refractivity contribution < 1.29 is 4.79 Å². The molecule has 5 rings (SSSR count). The molecule has 4 aromatic rings. The van der Waals surface area contributed by atoms with Gasteiger partial charge in [0.25, 0.3) is 5.91 Å². The van der Waals surface area contributed by atoms with Crippen molar-refractivity contribution in [3.63, 3.8) is 0 Å². The van der Waals surface area contributed by atoms with E-state index < -0.39 is 0 Å². The quantitative estimate of drug-likeness (QED) is 0.541. The average Bonchev–Trinajstić information content (AvgIpc) is 3.29. The molecule has 0 atom stereocenters. The van der Waals surface area contributed by atoms with Crippen molar-refractivity contribution in [3.8, 4) is 0 Å². The Bertz CT molecular complexity index is 1160. The minimum Gasteiger partial charge on any atom is -0.369 e. The highest BCUT2D eigenvalue weighted by atomic mass is 16.1. The Kier molecular flexibility index (Phi) is 5.37. The van der Waals surface area contributed by atoms with Gasteiger partial charge >= 0.3 is 0 Å². The summed E-state index contributed by atoms with van der Waals surface area (Å²) in [4.78, 5) is 21.7. The summed E-state index contributed by atoms with van der Waals surface area (Å²) in [7, 11) is 0. The minimum atomic E-state index is -0.127. The number of amides is 1. The third-order valence-corrected chi connectivity index (χ3v) is 5.76. The Balaban J connectivity index is 1.17. The highest BCUT2D eigenvalue weighted by Gasteiger charge is 2.17. The number of hydrogen-bond donors (Lipinski definition) is 1. The summed E-state index contributed by atoms with van der Waals surface area (Å²) in [5.74, 6) is -0.127. The predicted octanol–water partition coefficient (Wildman–Crippen LogP) is 3.91. The monoisotopic (exact) mass is 411 g/mol. The second kappa shape index (κ2) is 8.62. The van der Waals surface area contributed by atoms with E-state index in [1.165, 1.54) is 11.3 Å². The molecule has 6 heteroatoms. The number of carbonyl (C=O) groups excluding carboxylic acids is 1. The van der Waals surface area contributed by atoms with Crippen LogP contribution >= 0.6 is 0 Å². The molecule has 1 amide bonds. The number of rotatable bonds is 5. The fourth-order valence-corrected chi connectivity index (χ4v) is 4.02. The zero-order valence-electron chi connectivity index (χ0n) is 17.3. The largest absolute Gasteiger partial charge is 0.369 e. The first-order valence-electron chi connectivity index (χ1n) is 10.6. The van der Waals surface area contributed by atoms with Gasteiger partial charge in [-0.15, -0.1) is 0 Å². The number of piperazine rings is 1. The number of imidazole rings is 1. The Morgan fingerprint density at radius 1 is 0.903 bits per heavy atom. The van der Waals surface area contributed by atoms with Gasteiger partial charge in [-0.05, 0) is 42.0 Å². The molecule has 1 aliphatic rings.